The van der Waals surface area contributed by atoms with Gasteiger partial charge in [0, 0.05) is 11.4 Å². The summed E-state index contributed by atoms with van der Waals surface area (Å²) in [5.41, 5.74) is 5.51. The molecule has 16 heavy (non-hydrogen) atoms. The molecule has 0 saturated heterocycles. The number of aromatic nitrogens is 2. The van der Waals surface area contributed by atoms with Crippen LogP contribution in [-0.4, -0.2) is 16.7 Å². The minimum atomic E-state index is 0.455. The summed E-state index contributed by atoms with van der Waals surface area (Å²) >= 11 is 1.75. The van der Waals surface area contributed by atoms with Crippen molar-refractivity contribution in [2.24, 2.45) is 0 Å². The topological polar surface area (TPSA) is 55.0 Å². The van der Waals surface area contributed by atoms with Gasteiger partial charge in [-0.25, -0.2) is 0 Å². The quantitative estimate of drug-likeness (QED) is 0.880. The molecule has 0 aliphatic rings. The minimum absolute atomic E-state index is 0.455. The summed E-state index contributed by atoms with van der Waals surface area (Å²) in [7, 11) is 0. The van der Waals surface area contributed by atoms with E-state index in [1.165, 1.54) is 4.88 Å². The van der Waals surface area contributed by atoms with Gasteiger partial charge in [0.1, 0.15) is 5.82 Å². The van der Waals surface area contributed by atoms with E-state index >= 15 is 0 Å². The molecule has 0 aliphatic carbocycles. The summed E-state index contributed by atoms with van der Waals surface area (Å²) in [6.07, 6.45) is 0. The fourth-order valence-electron chi connectivity index (χ4n) is 1.45. The molecule has 0 aromatic carbocycles. The van der Waals surface area contributed by atoms with Gasteiger partial charge in [-0.1, -0.05) is 6.07 Å². The smallest absolute Gasteiger partial charge is 0.151 e. The highest BCUT2D eigenvalue weighted by atomic mass is 32.1. The molecule has 0 fully saturated rings. The summed E-state index contributed by atoms with van der Waals surface area (Å²) in [6, 6.07) is 7.86. The molecule has 0 aliphatic heterocycles. The van der Waals surface area contributed by atoms with Crippen LogP contribution in [0.4, 0.5) is 11.6 Å². The Balaban J connectivity index is 2.13. The van der Waals surface area contributed by atoms with Crippen LogP contribution in [0.1, 0.15) is 11.8 Å². The third-order valence-electron chi connectivity index (χ3n) is 2.30. The predicted molar refractivity (Wildman–Crippen MR) is 67.5 cm³/mol. The molecule has 84 valence electrons. The first-order chi connectivity index (χ1) is 7.79. The average Bonchev–Trinajstić information content (AvgIpc) is 2.80. The van der Waals surface area contributed by atoms with Crippen LogP contribution in [0.3, 0.4) is 0 Å². The summed E-state index contributed by atoms with van der Waals surface area (Å²) in [5.74, 6) is 1.32. The molecule has 2 aromatic heterocycles. The first kappa shape index (κ1) is 10.9. The molecule has 0 saturated carbocycles. The second-order valence-electron chi connectivity index (χ2n) is 3.41. The summed E-state index contributed by atoms with van der Waals surface area (Å²) < 4.78 is 0. The van der Waals surface area contributed by atoms with Gasteiger partial charge in [-0.15, -0.1) is 21.5 Å². The number of rotatable bonds is 4. The van der Waals surface area contributed by atoms with E-state index in [4.69, 9.17) is 5.73 Å². The molecule has 2 heterocycles. The van der Waals surface area contributed by atoms with Crippen molar-refractivity contribution in [3.63, 3.8) is 0 Å². The lowest BCUT2D eigenvalue weighted by molar-refractivity contribution is 0.806. The Morgan fingerprint density at radius 1 is 1.31 bits per heavy atom. The molecule has 0 bridgehead atoms. The highest BCUT2D eigenvalue weighted by Gasteiger charge is 2.07. The Bertz CT molecular complexity index is 424. The Morgan fingerprint density at radius 3 is 2.75 bits per heavy atom. The maximum Gasteiger partial charge on any atom is 0.151 e. The number of nitrogens with zero attached hydrogens (tertiary/aromatic N) is 3. The average molecular weight is 234 g/mol. The first-order valence-electron chi connectivity index (χ1n) is 5.16. The van der Waals surface area contributed by atoms with E-state index in [-0.39, 0.29) is 0 Å². The number of hydrogen-bond donors (Lipinski definition) is 1. The van der Waals surface area contributed by atoms with Gasteiger partial charge in [0.15, 0.2) is 5.82 Å². The van der Waals surface area contributed by atoms with Gasteiger partial charge < -0.3 is 10.6 Å². The maximum atomic E-state index is 5.51. The lowest BCUT2D eigenvalue weighted by Crippen LogP contribution is -2.22. The third kappa shape index (κ3) is 2.49. The van der Waals surface area contributed by atoms with Crippen LogP contribution >= 0.6 is 11.3 Å². The van der Waals surface area contributed by atoms with E-state index in [9.17, 15) is 0 Å². The summed E-state index contributed by atoms with van der Waals surface area (Å²) in [5, 5.41) is 10.0. The molecule has 2 aromatic rings. The zero-order valence-corrected chi connectivity index (χ0v) is 9.94. The Morgan fingerprint density at radius 2 is 2.19 bits per heavy atom. The molecule has 0 amide bonds. The molecule has 0 radical (unpaired) electrons. The van der Waals surface area contributed by atoms with Crippen LogP contribution in [-0.2, 0) is 6.54 Å². The van der Waals surface area contributed by atoms with Crippen LogP contribution in [0, 0.1) is 0 Å². The molecule has 0 spiro atoms. The van der Waals surface area contributed by atoms with Crippen LogP contribution in [0.25, 0.3) is 0 Å². The fraction of sp³-hybridized carbons (Fsp3) is 0.273. The molecular formula is C11H14N4S. The molecular weight excluding hydrogens is 220 g/mol. The number of hydrogen-bond acceptors (Lipinski definition) is 5. The zero-order chi connectivity index (χ0) is 11.4. The van der Waals surface area contributed by atoms with Gasteiger partial charge in [-0.05, 0) is 30.5 Å². The highest BCUT2D eigenvalue weighted by Crippen LogP contribution is 2.17. The number of nitrogens with two attached hydrogens (primary N) is 1. The van der Waals surface area contributed by atoms with E-state index in [1.807, 2.05) is 6.07 Å². The van der Waals surface area contributed by atoms with Gasteiger partial charge in [-0.2, -0.15) is 0 Å². The molecule has 2 N–H and O–H groups in total. The SMILES string of the molecule is CCN(Cc1cccs1)c1ccc(N)nn1. The first-order valence-corrected chi connectivity index (χ1v) is 6.04. The normalized spacial score (nSPS) is 10.3. The van der Waals surface area contributed by atoms with Crippen molar-refractivity contribution < 1.29 is 0 Å². The molecule has 0 unspecified atom stereocenters. The fourth-order valence-corrected chi connectivity index (χ4v) is 2.17. The van der Waals surface area contributed by atoms with Crippen molar-refractivity contribution in [2.45, 2.75) is 13.5 Å². The van der Waals surface area contributed by atoms with E-state index in [0.717, 1.165) is 18.9 Å². The molecule has 5 heteroatoms. The third-order valence-corrected chi connectivity index (χ3v) is 3.16. The molecule has 4 nitrogen and oxygen atoms in total. The van der Waals surface area contributed by atoms with Gasteiger partial charge in [0.2, 0.25) is 0 Å². The maximum absolute atomic E-state index is 5.51. The Hall–Kier alpha value is -1.62. The van der Waals surface area contributed by atoms with E-state index in [2.05, 4.69) is 39.5 Å². The van der Waals surface area contributed by atoms with Crippen LogP contribution in [0.2, 0.25) is 0 Å². The van der Waals surface area contributed by atoms with Crippen molar-refractivity contribution in [1.29, 1.82) is 0 Å². The van der Waals surface area contributed by atoms with Crippen molar-refractivity contribution in [2.75, 3.05) is 17.2 Å². The molecule has 2 rings (SSSR count). The van der Waals surface area contributed by atoms with Crippen molar-refractivity contribution in [3.8, 4) is 0 Å². The Kier molecular flexibility index (Phi) is 3.36. The van der Waals surface area contributed by atoms with E-state index < -0.39 is 0 Å². The second-order valence-corrected chi connectivity index (χ2v) is 4.44. The van der Waals surface area contributed by atoms with E-state index in [0.29, 0.717) is 5.82 Å². The molecule has 0 atom stereocenters. The lowest BCUT2D eigenvalue weighted by atomic mass is 10.4. The van der Waals surface area contributed by atoms with Gasteiger partial charge in [0.25, 0.3) is 0 Å². The number of anilines is 2. The predicted octanol–water partition coefficient (Wildman–Crippen LogP) is 2.15. The van der Waals surface area contributed by atoms with Gasteiger partial charge in [0.05, 0.1) is 6.54 Å². The van der Waals surface area contributed by atoms with Crippen molar-refractivity contribution in [1.82, 2.24) is 10.2 Å². The van der Waals surface area contributed by atoms with Crippen LogP contribution in [0.5, 0.6) is 0 Å². The standard InChI is InChI=1S/C11H14N4S/c1-2-15(8-9-4-3-7-16-9)11-6-5-10(12)13-14-11/h3-7H,2,8H2,1H3,(H2,12,13). The van der Waals surface area contributed by atoms with Gasteiger partial charge in [-0.3, -0.25) is 0 Å². The minimum Gasteiger partial charge on any atom is -0.382 e. The lowest BCUT2D eigenvalue weighted by Gasteiger charge is -2.20. The van der Waals surface area contributed by atoms with Crippen LogP contribution < -0.4 is 10.6 Å². The monoisotopic (exact) mass is 234 g/mol. The second kappa shape index (κ2) is 4.94. The largest absolute Gasteiger partial charge is 0.382 e. The number of thiophene rings is 1. The van der Waals surface area contributed by atoms with Crippen molar-refractivity contribution in [3.05, 3.63) is 34.5 Å². The van der Waals surface area contributed by atoms with Gasteiger partial charge >= 0.3 is 0 Å². The van der Waals surface area contributed by atoms with E-state index in [1.54, 1.807) is 17.4 Å². The number of nitrogen functional groups attached to an aromatic ring is 1. The summed E-state index contributed by atoms with van der Waals surface area (Å²) in [6.45, 7) is 3.87. The highest BCUT2D eigenvalue weighted by molar-refractivity contribution is 7.09. The van der Waals surface area contributed by atoms with Crippen molar-refractivity contribution >= 4 is 23.0 Å². The summed E-state index contributed by atoms with van der Waals surface area (Å²) in [4.78, 5) is 3.48. The Labute approximate surface area is 98.7 Å². The van der Waals surface area contributed by atoms with Crippen LogP contribution in [0.15, 0.2) is 29.6 Å². The zero-order valence-electron chi connectivity index (χ0n) is 9.13.